The van der Waals surface area contributed by atoms with Crippen molar-refractivity contribution in [3.05, 3.63) is 63.3 Å². The lowest BCUT2D eigenvalue weighted by Gasteiger charge is -2.38. The van der Waals surface area contributed by atoms with Crippen LogP contribution in [-0.2, 0) is 0 Å². The highest BCUT2D eigenvalue weighted by atomic mass is 16.6. The Morgan fingerprint density at radius 3 is 2.76 bits per heavy atom. The van der Waals surface area contributed by atoms with Crippen molar-refractivity contribution < 1.29 is 14.5 Å². The Morgan fingerprint density at radius 2 is 2.16 bits per heavy atom. The number of nitro groups is 1. The zero-order valence-electron chi connectivity index (χ0n) is 13.4. The summed E-state index contributed by atoms with van der Waals surface area (Å²) in [5.74, 6) is 0.136. The summed E-state index contributed by atoms with van der Waals surface area (Å²) < 4.78 is 5.64. The third-order valence-electron chi connectivity index (χ3n) is 4.02. The van der Waals surface area contributed by atoms with E-state index in [9.17, 15) is 14.9 Å². The Balaban J connectivity index is 1.62. The van der Waals surface area contributed by atoms with Gasteiger partial charge in [-0.05, 0) is 19.1 Å². The minimum absolute atomic E-state index is 0.0686. The fraction of sp³-hybridized carbons (Fsp3) is 0.235. The molecule has 0 saturated carbocycles. The summed E-state index contributed by atoms with van der Waals surface area (Å²) in [5.41, 5.74) is 1.06. The van der Waals surface area contributed by atoms with Gasteiger partial charge in [0.05, 0.1) is 23.6 Å². The molecular weight excluding hydrogens is 324 g/mol. The van der Waals surface area contributed by atoms with E-state index in [4.69, 9.17) is 10.00 Å². The molecule has 0 atom stereocenters. The van der Waals surface area contributed by atoms with Gasteiger partial charge in [0.15, 0.2) is 0 Å². The fourth-order valence-electron chi connectivity index (χ4n) is 2.59. The Labute approximate surface area is 143 Å². The van der Waals surface area contributed by atoms with Gasteiger partial charge < -0.3 is 9.64 Å². The Morgan fingerprint density at radius 1 is 1.40 bits per heavy atom. The predicted molar refractivity (Wildman–Crippen MR) is 87.1 cm³/mol. The molecule has 0 spiro atoms. The van der Waals surface area contributed by atoms with Gasteiger partial charge in [-0.25, -0.2) is 4.98 Å². The number of benzene rings is 1. The van der Waals surface area contributed by atoms with Crippen LogP contribution in [0.4, 0.5) is 5.69 Å². The second-order valence-electron chi connectivity index (χ2n) is 5.65. The first-order valence-corrected chi connectivity index (χ1v) is 7.55. The molecule has 0 aliphatic carbocycles. The number of carbonyl (C=O) groups excluding carboxylic acids is 1. The zero-order valence-corrected chi connectivity index (χ0v) is 13.4. The molecule has 8 nitrogen and oxygen atoms in total. The number of aromatic nitrogens is 1. The van der Waals surface area contributed by atoms with Crippen molar-refractivity contribution in [1.29, 1.82) is 5.26 Å². The van der Waals surface area contributed by atoms with E-state index >= 15 is 0 Å². The van der Waals surface area contributed by atoms with E-state index < -0.39 is 4.92 Å². The molecular formula is C17H14N4O4. The highest BCUT2D eigenvalue weighted by Gasteiger charge is 2.34. The maximum absolute atomic E-state index is 12.5. The lowest BCUT2D eigenvalue weighted by Crippen LogP contribution is -2.56. The smallest absolute Gasteiger partial charge is 0.273 e. The molecule has 0 radical (unpaired) electrons. The maximum atomic E-state index is 12.5. The Bertz CT molecular complexity index is 867. The number of carbonyl (C=O) groups is 1. The SMILES string of the molecule is Cc1c(C(=O)N2CC(Oc3ccc(C#N)cn3)C2)cccc1[N+](=O)[O-]. The van der Waals surface area contributed by atoms with Gasteiger partial charge in [-0.3, -0.25) is 14.9 Å². The number of hydrogen-bond donors (Lipinski definition) is 0. The molecule has 1 aromatic carbocycles. The van der Waals surface area contributed by atoms with Crippen LogP contribution < -0.4 is 4.74 Å². The van der Waals surface area contributed by atoms with E-state index in [1.54, 1.807) is 30.0 Å². The van der Waals surface area contributed by atoms with Crippen molar-refractivity contribution in [2.45, 2.75) is 13.0 Å². The molecule has 2 aromatic rings. The molecule has 1 saturated heterocycles. The van der Waals surface area contributed by atoms with Crippen LogP contribution in [-0.4, -0.2) is 39.9 Å². The molecule has 1 aliphatic rings. The quantitative estimate of drug-likeness (QED) is 0.623. The molecule has 1 amide bonds. The van der Waals surface area contributed by atoms with E-state index in [-0.39, 0.29) is 17.7 Å². The highest BCUT2D eigenvalue weighted by Crippen LogP contribution is 2.25. The van der Waals surface area contributed by atoms with Crippen LogP contribution in [0.5, 0.6) is 5.88 Å². The third kappa shape index (κ3) is 3.26. The largest absolute Gasteiger partial charge is 0.471 e. The number of likely N-dealkylation sites (tertiary alicyclic amines) is 1. The third-order valence-corrected chi connectivity index (χ3v) is 4.02. The van der Waals surface area contributed by atoms with Gasteiger partial charge in [-0.15, -0.1) is 0 Å². The van der Waals surface area contributed by atoms with Crippen molar-refractivity contribution in [3.8, 4) is 11.9 Å². The topological polar surface area (TPSA) is 109 Å². The van der Waals surface area contributed by atoms with Crippen LogP contribution in [0.1, 0.15) is 21.5 Å². The number of hydrogen-bond acceptors (Lipinski definition) is 6. The number of ether oxygens (including phenoxy) is 1. The molecule has 25 heavy (non-hydrogen) atoms. The van der Waals surface area contributed by atoms with E-state index in [1.165, 1.54) is 18.3 Å². The van der Waals surface area contributed by atoms with Crippen LogP contribution >= 0.6 is 0 Å². The predicted octanol–water partition coefficient (Wildman–Crippen LogP) is 2.07. The first kappa shape index (κ1) is 16.4. The Hall–Kier alpha value is -3.47. The number of nitriles is 1. The molecule has 0 unspecified atom stereocenters. The van der Waals surface area contributed by atoms with Crippen molar-refractivity contribution in [2.24, 2.45) is 0 Å². The van der Waals surface area contributed by atoms with Gasteiger partial charge in [-0.2, -0.15) is 5.26 Å². The van der Waals surface area contributed by atoms with Gasteiger partial charge in [-0.1, -0.05) is 6.07 Å². The monoisotopic (exact) mass is 338 g/mol. The molecule has 0 bridgehead atoms. The molecule has 0 N–H and O–H groups in total. The minimum Gasteiger partial charge on any atom is -0.471 e. The number of pyridine rings is 1. The summed E-state index contributed by atoms with van der Waals surface area (Å²) in [5, 5.41) is 19.7. The first-order chi connectivity index (χ1) is 12.0. The van der Waals surface area contributed by atoms with Crippen LogP contribution in [0, 0.1) is 28.4 Å². The summed E-state index contributed by atoms with van der Waals surface area (Å²) >= 11 is 0. The van der Waals surface area contributed by atoms with E-state index in [2.05, 4.69) is 4.98 Å². The molecule has 1 aliphatic heterocycles. The first-order valence-electron chi connectivity index (χ1n) is 7.55. The van der Waals surface area contributed by atoms with Crippen LogP contribution in [0.25, 0.3) is 0 Å². The van der Waals surface area contributed by atoms with Gasteiger partial charge in [0, 0.05) is 29.5 Å². The summed E-state index contributed by atoms with van der Waals surface area (Å²) in [7, 11) is 0. The number of amides is 1. The number of nitro benzene ring substituents is 1. The van der Waals surface area contributed by atoms with E-state index in [0.29, 0.717) is 35.7 Å². The van der Waals surface area contributed by atoms with Gasteiger partial charge >= 0.3 is 0 Å². The summed E-state index contributed by atoms with van der Waals surface area (Å²) in [6.45, 7) is 2.32. The Kier molecular flexibility index (Phi) is 4.31. The van der Waals surface area contributed by atoms with Crippen LogP contribution in [0.2, 0.25) is 0 Å². The second-order valence-corrected chi connectivity index (χ2v) is 5.65. The van der Waals surface area contributed by atoms with Gasteiger partial charge in [0.2, 0.25) is 5.88 Å². The highest BCUT2D eigenvalue weighted by molar-refractivity contribution is 5.97. The van der Waals surface area contributed by atoms with E-state index in [0.717, 1.165) is 0 Å². The van der Waals surface area contributed by atoms with Gasteiger partial charge in [0.25, 0.3) is 11.6 Å². The average Bonchev–Trinajstić information content (AvgIpc) is 2.57. The van der Waals surface area contributed by atoms with Crippen LogP contribution in [0.3, 0.4) is 0 Å². The summed E-state index contributed by atoms with van der Waals surface area (Å²) in [6, 6.07) is 9.66. The number of rotatable bonds is 4. The van der Waals surface area contributed by atoms with Crippen molar-refractivity contribution in [1.82, 2.24) is 9.88 Å². The fourth-order valence-corrected chi connectivity index (χ4v) is 2.59. The zero-order chi connectivity index (χ0) is 18.0. The lowest BCUT2D eigenvalue weighted by atomic mass is 10.0. The number of nitrogens with zero attached hydrogens (tertiary/aromatic N) is 4. The normalized spacial score (nSPS) is 13.7. The second kappa shape index (κ2) is 6.57. The molecule has 3 rings (SSSR count). The van der Waals surface area contributed by atoms with Crippen molar-refractivity contribution in [2.75, 3.05) is 13.1 Å². The van der Waals surface area contributed by atoms with Crippen molar-refractivity contribution in [3.63, 3.8) is 0 Å². The minimum atomic E-state index is -0.495. The lowest BCUT2D eigenvalue weighted by molar-refractivity contribution is -0.385. The molecule has 126 valence electrons. The standard InChI is InChI=1S/C17H14N4O4/c1-11-14(3-2-4-15(11)21(23)24)17(22)20-9-13(10-20)25-16-6-5-12(7-18)8-19-16/h2-6,8,13H,9-10H2,1H3. The molecule has 8 heteroatoms. The van der Waals surface area contributed by atoms with Crippen molar-refractivity contribution >= 4 is 11.6 Å². The summed E-state index contributed by atoms with van der Waals surface area (Å²) in [4.78, 5) is 28.6. The van der Waals surface area contributed by atoms with E-state index in [1.807, 2.05) is 6.07 Å². The average molecular weight is 338 g/mol. The molecule has 1 aromatic heterocycles. The molecule has 1 fully saturated rings. The van der Waals surface area contributed by atoms with Crippen LogP contribution in [0.15, 0.2) is 36.5 Å². The summed E-state index contributed by atoms with van der Waals surface area (Å²) in [6.07, 6.45) is 1.23. The van der Waals surface area contributed by atoms with Gasteiger partial charge in [0.1, 0.15) is 12.2 Å². The molecule has 2 heterocycles. The maximum Gasteiger partial charge on any atom is 0.273 e.